The highest BCUT2D eigenvalue weighted by Crippen LogP contribution is 2.36. The third-order valence-electron chi connectivity index (χ3n) is 6.45. The molecule has 1 aliphatic heterocycles. The lowest BCUT2D eigenvalue weighted by atomic mass is 9.79. The zero-order valence-corrected chi connectivity index (χ0v) is 19.9. The number of aryl methyl sites for hydroxylation is 1. The first kappa shape index (κ1) is 23.7. The van der Waals surface area contributed by atoms with Crippen LogP contribution in [0.1, 0.15) is 78.7 Å². The Morgan fingerprint density at radius 1 is 0.677 bits per heavy atom. The van der Waals surface area contributed by atoms with Gasteiger partial charge in [0.15, 0.2) is 0 Å². The molecule has 2 aromatic rings. The summed E-state index contributed by atoms with van der Waals surface area (Å²) < 4.78 is 12.2. The maximum Gasteiger partial charge on any atom is 0.494 e. The molecule has 0 bridgehead atoms. The van der Waals surface area contributed by atoms with Crippen molar-refractivity contribution in [2.24, 2.45) is 10.2 Å². The third-order valence-corrected chi connectivity index (χ3v) is 6.45. The number of hydrogen-bond donors (Lipinski definition) is 0. The Balaban J connectivity index is 1.49. The van der Waals surface area contributed by atoms with Crippen LogP contribution in [0.2, 0.25) is 0 Å². The SMILES string of the molecule is CCCCCCCCc1ccc(N=Nc2ccc(B3OC(C)(C)C(C)(C)O3)cc2)cc1. The number of unbranched alkanes of at least 4 members (excludes halogenated alkanes) is 5. The van der Waals surface area contributed by atoms with Crippen molar-refractivity contribution < 1.29 is 9.31 Å². The second-order valence-electron chi connectivity index (χ2n) is 9.56. The van der Waals surface area contributed by atoms with Crippen LogP contribution in [-0.4, -0.2) is 18.3 Å². The molecule has 0 saturated carbocycles. The van der Waals surface area contributed by atoms with Gasteiger partial charge in [0.1, 0.15) is 0 Å². The van der Waals surface area contributed by atoms with Crippen LogP contribution in [0.3, 0.4) is 0 Å². The van der Waals surface area contributed by atoms with E-state index in [2.05, 4.69) is 69.1 Å². The largest absolute Gasteiger partial charge is 0.494 e. The molecule has 0 aromatic heterocycles. The minimum atomic E-state index is -0.352. The van der Waals surface area contributed by atoms with E-state index in [-0.39, 0.29) is 18.3 Å². The quantitative estimate of drug-likeness (QED) is 0.230. The van der Waals surface area contributed by atoms with Gasteiger partial charge in [-0.1, -0.05) is 63.3 Å². The summed E-state index contributed by atoms with van der Waals surface area (Å²) in [4.78, 5) is 0. The highest BCUT2D eigenvalue weighted by atomic mass is 16.7. The molecule has 1 aliphatic rings. The van der Waals surface area contributed by atoms with Crippen LogP contribution in [0.4, 0.5) is 11.4 Å². The van der Waals surface area contributed by atoms with Crippen molar-refractivity contribution in [3.8, 4) is 0 Å². The average molecular weight is 420 g/mol. The standard InChI is InChI=1S/C26H37BN2O2/c1-6-7-8-9-10-11-12-21-13-17-23(18-14-21)28-29-24-19-15-22(16-20-24)27-30-25(2,3)26(4,5)31-27/h13-20H,6-12H2,1-5H3. The normalized spacial score (nSPS) is 17.5. The van der Waals surface area contributed by atoms with Crippen LogP contribution in [0.15, 0.2) is 58.8 Å². The lowest BCUT2D eigenvalue weighted by molar-refractivity contribution is 0.00578. The van der Waals surface area contributed by atoms with Gasteiger partial charge in [-0.2, -0.15) is 10.2 Å². The first-order valence-corrected chi connectivity index (χ1v) is 11.8. The molecule has 5 heteroatoms. The molecular formula is C26H37BN2O2. The minimum Gasteiger partial charge on any atom is -0.399 e. The molecule has 0 unspecified atom stereocenters. The van der Waals surface area contributed by atoms with Gasteiger partial charge < -0.3 is 9.31 Å². The molecule has 0 spiro atoms. The zero-order valence-electron chi connectivity index (χ0n) is 19.9. The molecule has 1 fully saturated rings. The summed E-state index contributed by atoms with van der Waals surface area (Å²) in [5.74, 6) is 0. The molecule has 0 amide bonds. The molecule has 31 heavy (non-hydrogen) atoms. The molecule has 0 aliphatic carbocycles. The average Bonchev–Trinajstić information content (AvgIpc) is 2.97. The summed E-state index contributed by atoms with van der Waals surface area (Å²) in [5, 5.41) is 8.76. The van der Waals surface area contributed by atoms with Crippen molar-refractivity contribution in [2.75, 3.05) is 0 Å². The van der Waals surface area contributed by atoms with E-state index in [1.165, 1.54) is 44.1 Å². The summed E-state index contributed by atoms with van der Waals surface area (Å²) >= 11 is 0. The smallest absolute Gasteiger partial charge is 0.399 e. The third kappa shape index (κ3) is 6.50. The fourth-order valence-electron chi connectivity index (χ4n) is 3.63. The molecule has 166 valence electrons. The van der Waals surface area contributed by atoms with Crippen molar-refractivity contribution in [3.05, 3.63) is 54.1 Å². The van der Waals surface area contributed by atoms with Crippen molar-refractivity contribution >= 4 is 24.0 Å². The minimum absolute atomic E-state index is 0.336. The van der Waals surface area contributed by atoms with Gasteiger partial charge in [-0.15, -0.1) is 0 Å². The Labute approximate surface area is 188 Å². The topological polar surface area (TPSA) is 43.2 Å². The van der Waals surface area contributed by atoms with Gasteiger partial charge in [0.25, 0.3) is 0 Å². The van der Waals surface area contributed by atoms with Crippen molar-refractivity contribution in [1.82, 2.24) is 0 Å². The highest BCUT2D eigenvalue weighted by Gasteiger charge is 2.51. The molecule has 3 rings (SSSR count). The summed E-state index contributed by atoms with van der Waals surface area (Å²) in [7, 11) is -0.352. The van der Waals surface area contributed by atoms with Gasteiger partial charge in [0, 0.05) is 0 Å². The van der Waals surface area contributed by atoms with Crippen LogP contribution in [0.25, 0.3) is 0 Å². The molecule has 0 radical (unpaired) electrons. The van der Waals surface area contributed by atoms with Gasteiger partial charge in [0.2, 0.25) is 0 Å². The fraction of sp³-hybridized carbons (Fsp3) is 0.538. The van der Waals surface area contributed by atoms with E-state index >= 15 is 0 Å². The van der Waals surface area contributed by atoms with E-state index in [9.17, 15) is 0 Å². The van der Waals surface area contributed by atoms with E-state index in [4.69, 9.17) is 9.31 Å². The van der Waals surface area contributed by atoms with Gasteiger partial charge in [-0.25, -0.2) is 0 Å². The zero-order chi connectivity index (χ0) is 22.3. The van der Waals surface area contributed by atoms with Crippen LogP contribution in [0, 0.1) is 0 Å². The summed E-state index contributed by atoms with van der Waals surface area (Å²) in [6.07, 6.45) is 9.12. The molecule has 1 heterocycles. The molecule has 1 saturated heterocycles. The second kappa shape index (κ2) is 10.6. The number of benzene rings is 2. The molecule has 0 N–H and O–H groups in total. The van der Waals surface area contributed by atoms with Gasteiger partial charge in [-0.05, 0) is 75.8 Å². The Hall–Kier alpha value is -1.98. The molecular weight excluding hydrogens is 383 g/mol. The lowest BCUT2D eigenvalue weighted by Crippen LogP contribution is -2.41. The van der Waals surface area contributed by atoms with Crippen LogP contribution in [0.5, 0.6) is 0 Å². The number of azo groups is 1. The van der Waals surface area contributed by atoms with E-state index in [1.807, 2.05) is 24.3 Å². The number of hydrogen-bond acceptors (Lipinski definition) is 4. The summed E-state index contributed by atoms with van der Waals surface area (Å²) in [6.45, 7) is 10.5. The highest BCUT2D eigenvalue weighted by molar-refractivity contribution is 6.62. The van der Waals surface area contributed by atoms with Crippen molar-refractivity contribution in [3.63, 3.8) is 0 Å². The number of nitrogens with zero attached hydrogens (tertiary/aromatic N) is 2. The van der Waals surface area contributed by atoms with E-state index in [1.54, 1.807) is 0 Å². The first-order chi connectivity index (χ1) is 14.8. The molecule has 4 nitrogen and oxygen atoms in total. The maximum absolute atomic E-state index is 6.11. The van der Waals surface area contributed by atoms with Crippen LogP contribution in [-0.2, 0) is 15.7 Å². The fourth-order valence-corrected chi connectivity index (χ4v) is 3.63. The van der Waals surface area contributed by atoms with Crippen molar-refractivity contribution in [1.29, 1.82) is 0 Å². The number of rotatable bonds is 10. The van der Waals surface area contributed by atoms with Crippen molar-refractivity contribution in [2.45, 2.75) is 90.8 Å². The Bertz CT molecular complexity index is 829. The van der Waals surface area contributed by atoms with Gasteiger partial charge in [-0.3, -0.25) is 0 Å². The van der Waals surface area contributed by atoms with Gasteiger partial charge >= 0.3 is 7.12 Å². The Morgan fingerprint density at radius 3 is 1.71 bits per heavy atom. The lowest BCUT2D eigenvalue weighted by Gasteiger charge is -2.32. The predicted molar refractivity (Wildman–Crippen MR) is 130 cm³/mol. The first-order valence-electron chi connectivity index (χ1n) is 11.8. The molecule has 0 atom stereocenters. The Kier molecular flexibility index (Phi) is 8.07. The molecule has 2 aromatic carbocycles. The predicted octanol–water partition coefficient (Wildman–Crippen LogP) is 7.30. The van der Waals surface area contributed by atoms with Crippen LogP contribution >= 0.6 is 0 Å². The van der Waals surface area contributed by atoms with E-state index < -0.39 is 0 Å². The second-order valence-corrected chi connectivity index (χ2v) is 9.56. The summed E-state index contributed by atoms with van der Waals surface area (Å²) in [6, 6.07) is 16.3. The Morgan fingerprint density at radius 2 is 1.16 bits per heavy atom. The van der Waals surface area contributed by atoms with E-state index in [0.717, 1.165) is 23.3 Å². The summed E-state index contributed by atoms with van der Waals surface area (Å²) in [5.41, 5.74) is 3.39. The maximum atomic E-state index is 6.11. The van der Waals surface area contributed by atoms with E-state index in [0.29, 0.717) is 0 Å². The van der Waals surface area contributed by atoms with Crippen LogP contribution < -0.4 is 5.46 Å². The monoisotopic (exact) mass is 420 g/mol. The van der Waals surface area contributed by atoms with Gasteiger partial charge in [0.05, 0.1) is 22.6 Å².